The van der Waals surface area contributed by atoms with E-state index in [1.165, 1.54) is 0 Å². The molecule has 2 aromatic carbocycles. The Morgan fingerprint density at radius 1 is 1.08 bits per heavy atom. The molecule has 5 heteroatoms. The van der Waals surface area contributed by atoms with Crippen LogP contribution in [0.15, 0.2) is 54.6 Å². The molecule has 0 bridgehead atoms. The molecule has 0 saturated carbocycles. The van der Waals surface area contributed by atoms with Crippen molar-refractivity contribution in [3.8, 4) is 5.75 Å². The molecule has 0 aliphatic rings. The number of amides is 1. The van der Waals surface area contributed by atoms with Gasteiger partial charge in [0.25, 0.3) is 0 Å². The van der Waals surface area contributed by atoms with E-state index < -0.39 is 0 Å². The van der Waals surface area contributed by atoms with Crippen molar-refractivity contribution in [1.29, 1.82) is 0 Å². The second kappa shape index (κ2) is 10.5. The normalized spacial score (nSPS) is 10.1. The topological polar surface area (TPSA) is 50.4 Å². The van der Waals surface area contributed by atoms with Gasteiger partial charge in [-0.05, 0) is 54.9 Å². The minimum absolute atomic E-state index is 0.0964. The summed E-state index contributed by atoms with van der Waals surface area (Å²) >= 11 is 5.19. The lowest BCUT2D eigenvalue weighted by Crippen LogP contribution is -2.34. The highest BCUT2D eigenvalue weighted by atomic mass is 32.1. The van der Waals surface area contributed by atoms with Crippen LogP contribution in [0, 0.1) is 0 Å². The van der Waals surface area contributed by atoms with Crippen LogP contribution in [0.25, 0.3) is 0 Å². The van der Waals surface area contributed by atoms with Crippen LogP contribution in [0.1, 0.15) is 31.7 Å². The smallest absolute Gasteiger partial charge is 0.226 e. The lowest BCUT2D eigenvalue weighted by Gasteiger charge is -2.11. The van der Waals surface area contributed by atoms with Crippen LogP contribution >= 0.6 is 12.2 Å². The van der Waals surface area contributed by atoms with Gasteiger partial charge in [0.15, 0.2) is 5.11 Å². The number of aryl methyl sites for hydroxylation is 1. The molecule has 0 heterocycles. The number of carbonyl (C=O) groups is 1. The van der Waals surface area contributed by atoms with Crippen molar-refractivity contribution in [2.75, 3.05) is 11.9 Å². The highest BCUT2D eigenvalue weighted by molar-refractivity contribution is 7.80. The molecule has 0 atom stereocenters. The number of ether oxygens (including phenoxy) is 1. The van der Waals surface area contributed by atoms with E-state index in [9.17, 15) is 4.79 Å². The van der Waals surface area contributed by atoms with Crippen LogP contribution in [0.4, 0.5) is 5.69 Å². The molecule has 132 valence electrons. The Kier molecular flexibility index (Phi) is 7.92. The molecule has 0 aliphatic heterocycles. The van der Waals surface area contributed by atoms with E-state index in [0.29, 0.717) is 18.0 Å². The molecule has 0 unspecified atom stereocenters. The van der Waals surface area contributed by atoms with Crippen molar-refractivity contribution in [3.63, 3.8) is 0 Å². The quantitative estimate of drug-likeness (QED) is 0.547. The van der Waals surface area contributed by atoms with Gasteiger partial charge in [-0.25, -0.2) is 0 Å². The fourth-order valence-corrected chi connectivity index (χ4v) is 2.45. The van der Waals surface area contributed by atoms with E-state index in [1.54, 1.807) is 0 Å². The first-order valence-corrected chi connectivity index (χ1v) is 8.96. The number of carbonyl (C=O) groups excluding carboxylic acids is 1. The lowest BCUT2D eigenvalue weighted by molar-refractivity contribution is -0.119. The maximum atomic E-state index is 12.0. The molecule has 2 aromatic rings. The lowest BCUT2D eigenvalue weighted by atomic mass is 10.1. The van der Waals surface area contributed by atoms with Gasteiger partial charge in [-0.1, -0.05) is 43.7 Å². The fraction of sp³-hybridized carbons (Fsp3) is 0.300. The van der Waals surface area contributed by atoms with Crippen molar-refractivity contribution in [2.45, 2.75) is 32.6 Å². The molecule has 0 aliphatic carbocycles. The van der Waals surface area contributed by atoms with Gasteiger partial charge >= 0.3 is 0 Å². The summed E-state index contributed by atoms with van der Waals surface area (Å²) < 4.78 is 5.61. The van der Waals surface area contributed by atoms with E-state index >= 15 is 0 Å². The molecular formula is C20H24N2O2S. The zero-order chi connectivity index (χ0) is 17.9. The minimum atomic E-state index is -0.0964. The third-order valence-corrected chi connectivity index (χ3v) is 3.82. The average molecular weight is 356 g/mol. The highest BCUT2D eigenvalue weighted by Gasteiger charge is 2.05. The summed E-state index contributed by atoms with van der Waals surface area (Å²) in [7, 11) is 0. The maximum Gasteiger partial charge on any atom is 0.226 e. The van der Waals surface area contributed by atoms with Crippen LogP contribution < -0.4 is 15.4 Å². The van der Waals surface area contributed by atoms with E-state index in [1.807, 2.05) is 54.6 Å². The van der Waals surface area contributed by atoms with Crippen molar-refractivity contribution in [2.24, 2.45) is 0 Å². The summed E-state index contributed by atoms with van der Waals surface area (Å²) in [5.74, 6) is 0.734. The first kappa shape index (κ1) is 18.9. The van der Waals surface area contributed by atoms with E-state index in [0.717, 1.165) is 36.4 Å². The monoisotopic (exact) mass is 356 g/mol. The van der Waals surface area contributed by atoms with E-state index in [2.05, 4.69) is 17.6 Å². The first-order chi connectivity index (χ1) is 12.2. The maximum absolute atomic E-state index is 12.0. The Bertz CT molecular complexity index is 672. The first-order valence-electron chi connectivity index (χ1n) is 8.55. The van der Waals surface area contributed by atoms with Crippen molar-refractivity contribution in [3.05, 3.63) is 60.2 Å². The molecule has 2 rings (SSSR count). The Labute approximate surface area is 154 Å². The Morgan fingerprint density at radius 2 is 1.80 bits per heavy atom. The summed E-state index contributed by atoms with van der Waals surface area (Å²) in [6.07, 6.45) is 3.24. The molecule has 4 nitrogen and oxygen atoms in total. The number of hydrogen-bond donors (Lipinski definition) is 2. The zero-order valence-corrected chi connectivity index (χ0v) is 15.3. The molecule has 0 radical (unpaired) electrons. The molecule has 0 aromatic heterocycles. The summed E-state index contributed by atoms with van der Waals surface area (Å²) in [5, 5.41) is 6.02. The standard InChI is InChI=1S/C20H24N2O2S/c1-2-3-15-24-18-12-10-17(11-13-18)21-20(25)22-19(23)14-9-16-7-5-4-6-8-16/h4-8,10-13H,2-3,9,14-15H2,1H3,(H2,21,22,23,25). The number of thiocarbonyl (C=S) groups is 1. The second-order valence-electron chi connectivity index (χ2n) is 5.71. The number of unbranched alkanes of at least 4 members (excludes halogenated alkanes) is 1. The van der Waals surface area contributed by atoms with Crippen molar-refractivity contribution < 1.29 is 9.53 Å². The number of hydrogen-bond acceptors (Lipinski definition) is 3. The SMILES string of the molecule is CCCCOc1ccc(NC(=S)NC(=O)CCc2ccccc2)cc1. The van der Waals surface area contributed by atoms with Crippen LogP contribution in [-0.4, -0.2) is 17.6 Å². The molecule has 2 N–H and O–H groups in total. The Hall–Kier alpha value is -2.40. The second-order valence-corrected chi connectivity index (χ2v) is 6.12. The zero-order valence-electron chi connectivity index (χ0n) is 14.5. The number of anilines is 1. The van der Waals surface area contributed by atoms with Gasteiger partial charge in [0, 0.05) is 12.1 Å². The Morgan fingerprint density at radius 3 is 2.48 bits per heavy atom. The molecule has 1 amide bonds. The largest absolute Gasteiger partial charge is 0.494 e. The Balaban J connectivity index is 1.72. The van der Waals surface area contributed by atoms with Crippen molar-refractivity contribution in [1.82, 2.24) is 5.32 Å². The molecular weight excluding hydrogens is 332 g/mol. The van der Waals surface area contributed by atoms with Gasteiger partial charge < -0.3 is 15.4 Å². The number of rotatable bonds is 8. The van der Waals surface area contributed by atoms with Gasteiger partial charge in [-0.2, -0.15) is 0 Å². The predicted molar refractivity (Wildman–Crippen MR) is 106 cm³/mol. The third-order valence-electron chi connectivity index (χ3n) is 3.62. The van der Waals surface area contributed by atoms with Crippen LogP contribution in [0.2, 0.25) is 0 Å². The van der Waals surface area contributed by atoms with Crippen LogP contribution in [-0.2, 0) is 11.2 Å². The number of nitrogens with one attached hydrogen (secondary N) is 2. The summed E-state index contributed by atoms with van der Waals surface area (Å²) in [6.45, 7) is 2.85. The molecule has 25 heavy (non-hydrogen) atoms. The summed E-state index contributed by atoms with van der Waals surface area (Å²) in [5.41, 5.74) is 1.95. The number of benzene rings is 2. The fourth-order valence-electron chi connectivity index (χ4n) is 2.22. The van der Waals surface area contributed by atoms with Gasteiger partial charge in [0.1, 0.15) is 5.75 Å². The summed E-state index contributed by atoms with van der Waals surface area (Å²) in [4.78, 5) is 12.0. The minimum Gasteiger partial charge on any atom is -0.494 e. The van der Waals surface area contributed by atoms with E-state index in [4.69, 9.17) is 17.0 Å². The summed E-state index contributed by atoms with van der Waals surface area (Å²) in [6, 6.07) is 17.4. The predicted octanol–water partition coefficient (Wildman–Crippen LogP) is 4.31. The van der Waals surface area contributed by atoms with Crippen molar-refractivity contribution >= 4 is 28.9 Å². The van der Waals surface area contributed by atoms with Crippen LogP contribution in [0.3, 0.4) is 0 Å². The average Bonchev–Trinajstić information content (AvgIpc) is 2.62. The third kappa shape index (κ3) is 7.35. The molecule has 0 saturated heterocycles. The van der Waals surface area contributed by atoms with Crippen LogP contribution in [0.5, 0.6) is 5.75 Å². The van der Waals surface area contributed by atoms with E-state index in [-0.39, 0.29) is 5.91 Å². The molecule has 0 fully saturated rings. The highest BCUT2D eigenvalue weighted by Crippen LogP contribution is 2.16. The van der Waals surface area contributed by atoms with Gasteiger partial charge in [-0.15, -0.1) is 0 Å². The molecule has 0 spiro atoms. The van der Waals surface area contributed by atoms with Gasteiger partial charge in [0.2, 0.25) is 5.91 Å². The van der Waals surface area contributed by atoms with Gasteiger partial charge in [-0.3, -0.25) is 4.79 Å². The van der Waals surface area contributed by atoms with Gasteiger partial charge in [0.05, 0.1) is 6.61 Å².